The van der Waals surface area contributed by atoms with Gasteiger partial charge in [0.15, 0.2) is 0 Å². The second kappa shape index (κ2) is 6.68. The summed E-state index contributed by atoms with van der Waals surface area (Å²) in [6.45, 7) is 2.38. The summed E-state index contributed by atoms with van der Waals surface area (Å²) < 4.78 is 5.53. The summed E-state index contributed by atoms with van der Waals surface area (Å²) in [5.41, 5.74) is 3.61. The molecule has 1 aliphatic heterocycles. The van der Waals surface area contributed by atoms with Gasteiger partial charge in [0.05, 0.1) is 13.2 Å². The van der Waals surface area contributed by atoms with Crippen LogP contribution >= 0.6 is 0 Å². The number of fused-ring (bicyclic) bond motifs is 1. The lowest BCUT2D eigenvalue weighted by atomic mass is 9.98. The summed E-state index contributed by atoms with van der Waals surface area (Å²) in [6, 6.07) is 6.35. The highest BCUT2D eigenvalue weighted by Gasteiger charge is 2.20. The molecule has 1 N–H and O–H groups in total. The zero-order valence-electron chi connectivity index (χ0n) is 11.7. The predicted molar refractivity (Wildman–Crippen MR) is 76.6 cm³/mol. The predicted octanol–water partition coefficient (Wildman–Crippen LogP) is 1.37. The van der Waals surface area contributed by atoms with E-state index < -0.39 is 0 Å². The summed E-state index contributed by atoms with van der Waals surface area (Å²) in [5.74, 6) is 0.204. The van der Waals surface area contributed by atoms with E-state index in [1.807, 2.05) is 14.1 Å². The normalized spacial score (nSPS) is 14.6. The minimum Gasteiger partial charge on any atom is -0.380 e. The Balaban J connectivity index is 1.92. The molecule has 2 rings (SSSR count). The monoisotopic (exact) mass is 262 g/mol. The van der Waals surface area contributed by atoms with Crippen LogP contribution in [0, 0.1) is 0 Å². The maximum Gasteiger partial charge on any atom is 0.227 e. The zero-order chi connectivity index (χ0) is 13.7. The average Bonchev–Trinajstić information content (AvgIpc) is 2.43. The molecule has 1 heterocycles. The maximum atomic E-state index is 11.6. The van der Waals surface area contributed by atoms with Gasteiger partial charge in [-0.3, -0.25) is 4.79 Å². The van der Waals surface area contributed by atoms with E-state index in [1.54, 1.807) is 4.90 Å². The number of carbonyl (C=O) groups excluding carboxylic acids is 1. The van der Waals surface area contributed by atoms with Crippen molar-refractivity contribution in [3.8, 4) is 0 Å². The van der Waals surface area contributed by atoms with Gasteiger partial charge in [-0.2, -0.15) is 0 Å². The van der Waals surface area contributed by atoms with Crippen molar-refractivity contribution < 1.29 is 9.53 Å². The Hall–Kier alpha value is -1.39. The fourth-order valence-electron chi connectivity index (χ4n) is 2.33. The number of nitrogens with zero attached hydrogens (tertiary/aromatic N) is 1. The highest BCUT2D eigenvalue weighted by molar-refractivity contribution is 5.95. The van der Waals surface area contributed by atoms with Crippen molar-refractivity contribution in [1.29, 1.82) is 0 Å². The van der Waals surface area contributed by atoms with Crippen LogP contribution in [0.4, 0.5) is 5.69 Å². The SMILES string of the molecule is CNCCOCCc1ccc2c(c1)CCC(=O)N2C. The molecule has 0 atom stereocenters. The van der Waals surface area contributed by atoms with Crippen LogP contribution in [0.25, 0.3) is 0 Å². The molecule has 0 radical (unpaired) electrons. The van der Waals surface area contributed by atoms with Crippen molar-refractivity contribution in [3.05, 3.63) is 29.3 Å². The van der Waals surface area contributed by atoms with Gasteiger partial charge in [0, 0.05) is 25.7 Å². The first-order chi connectivity index (χ1) is 9.22. The van der Waals surface area contributed by atoms with Gasteiger partial charge in [-0.15, -0.1) is 0 Å². The summed E-state index contributed by atoms with van der Waals surface area (Å²) in [6.07, 6.45) is 2.40. The number of carbonyl (C=O) groups is 1. The first-order valence-electron chi connectivity index (χ1n) is 6.83. The average molecular weight is 262 g/mol. The molecule has 19 heavy (non-hydrogen) atoms. The molecule has 1 aliphatic rings. The Morgan fingerprint density at radius 3 is 2.95 bits per heavy atom. The van der Waals surface area contributed by atoms with Crippen molar-refractivity contribution in [2.75, 3.05) is 38.8 Å². The molecule has 0 saturated heterocycles. The Kier molecular flexibility index (Phi) is 4.93. The van der Waals surface area contributed by atoms with Crippen LogP contribution in [-0.4, -0.2) is 39.8 Å². The van der Waals surface area contributed by atoms with E-state index >= 15 is 0 Å². The molecule has 0 unspecified atom stereocenters. The molecule has 1 aromatic carbocycles. The molecule has 4 heteroatoms. The maximum absolute atomic E-state index is 11.6. The Bertz CT molecular complexity index is 446. The number of nitrogens with one attached hydrogen (secondary N) is 1. The van der Waals surface area contributed by atoms with Gasteiger partial charge in [0.2, 0.25) is 5.91 Å². The van der Waals surface area contributed by atoms with E-state index in [-0.39, 0.29) is 5.91 Å². The molecule has 0 fully saturated rings. The minimum atomic E-state index is 0.204. The zero-order valence-corrected chi connectivity index (χ0v) is 11.7. The number of likely N-dealkylation sites (N-methyl/N-ethyl adjacent to an activating group) is 1. The molecular weight excluding hydrogens is 240 g/mol. The summed E-state index contributed by atoms with van der Waals surface area (Å²) >= 11 is 0. The van der Waals surface area contributed by atoms with E-state index in [9.17, 15) is 4.79 Å². The van der Waals surface area contributed by atoms with Crippen LogP contribution in [0.3, 0.4) is 0 Å². The number of ether oxygens (including phenoxy) is 1. The van der Waals surface area contributed by atoms with Gasteiger partial charge in [-0.1, -0.05) is 12.1 Å². The van der Waals surface area contributed by atoms with E-state index in [0.29, 0.717) is 6.42 Å². The molecule has 1 amide bonds. The molecule has 1 aromatic rings. The Labute approximate surface area is 114 Å². The van der Waals surface area contributed by atoms with Gasteiger partial charge in [0.25, 0.3) is 0 Å². The van der Waals surface area contributed by atoms with Gasteiger partial charge < -0.3 is 15.0 Å². The number of aryl methyl sites for hydroxylation is 1. The number of hydrogen-bond donors (Lipinski definition) is 1. The van der Waals surface area contributed by atoms with Crippen molar-refractivity contribution in [2.45, 2.75) is 19.3 Å². The Morgan fingerprint density at radius 1 is 1.32 bits per heavy atom. The second-order valence-electron chi connectivity index (χ2n) is 4.88. The van der Waals surface area contributed by atoms with Crippen LogP contribution in [0.1, 0.15) is 17.5 Å². The van der Waals surface area contributed by atoms with Crippen molar-refractivity contribution in [3.63, 3.8) is 0 Å². The number of hydrogen-bond acceptors (Lipinski definition) is 3. The molecule has 104 valence electrons. The lowest BCUT2D eigenvalue weighted by Crippen LogP contribution is -2.31. The fraction of sp³-hybridized carbons (Fsp3) is 0.533. The summed E-state index contributed by atoms with van der Waals surface area (Å²) in [4.78, 5) is 13.4. The third-order valence-corrected chi connectivity index (χ3v) is 3.52. The van der Waals surface area contributed by atoms with E-state index in [2.05, 4.69) is 23.5 Å². The third-order valence-electron chi connectivity index (χ3n) is 3.52. The summed E-state index contributed by atoms with van der Waals surface area (Å²) in [5, 5.41) is 3.05. The highest BCUT2D eigenvalue weighted by Crippen LogP contribution is 2.27. The van der Waals surface area contributed by atoms with Crippen molar-refractivity contribution in [1.82, 2.24) is 5.32 Å². The van der Waals surface area contributed by atoms with E-state index in [0.717, 1.165) is 38.3 Å². The molecular formula is C15H22N2O2. The standard InChI is InChI=1S/C15H22N2O2/c1-16-8-10-19-9-7-12-3-5-14-13(11-12)4-6-15(18)17(14)2/h3,5,11,16H,4,6-10H2,1-2H3. The number of rotatable bonds is 6. The molecule has 0 saturated carbocycles. The minimum absolute atomic E-state index is 0.204. The highest BCUT2D eigenvalue weighted by atomic mass is 16.5. The lowest BCUT2D eigenvalue weighted by molar-refractivity contribution is -0.118. The van der Waals surface area contributed by atoms with E-state index in [4.69, 9.17) is 4.74 Å². The Morgan fingerprint density at radius 2 is 2.16 bits per heavy atom. The lowest BCUT2D eigenvalue weighted by Gasteiger charge is -2.26. The molecule has 0 spiro atoms. The number of amides is 1. The second-order valence-corrected chi connectivity index (χ2v) is 4.88. The fourth-order valence-corrected chi connectivity index (χ4v) is 2.33. The number of benzene rings is 1. The van der Waals surface area contributed by atoms with Crippen molar-refractivity contribution in [2.24, 2.45) is 0 Å². The topological polar surface area (TPSA) is 41.6 Å². The van der Waals surface area contributed by atoms with Crippen LogP contribution in [0.5, 0.6) is 0 Å². The summed E-state index contributed by atoms with van der Waals surface area (Å²) in [7, 11) is 3.77. The number of anilines is 1. The third kappa shape index (κ3) is 3.55. The van der Waals surface area contributed by atoms with Crippen LogP contribution < -0.4 is 10.2 Å². The first kappa shape index (κ1) is 14.0. The van der Waals surface area contributed by atoms with Crippen molar-refractivity contribution >= 4 is 11.6 Å². The molecule has 0 aliphatic carbocycles. The van der Waals surface area contributed by atoms with Gasteiger partial charge in [-0.25, -0.2) is 0 Å². The van der Waals surface area contributed by atoms with Gasteiger partial charge >= 0.3 is 0 Å². The van der Waals surface area contributed by atoms with Crippen LogP contribution in [0.2, 0.25) is 0 Å². The van der Waals surface area contributed by atoms with E-state index in [1.165, 1.54) is 11.1 Å². The smallest absolute Gasteiger partial charge is 0.227 e. The molecule has 0 aromatic heterocycles. The first-order valence-corrected chi connectivity index (χ1v) is 6.83. The quantitative estimate of drug-likeness (QED) is 0.787. The van der Waals surface area contributed by atoms with Gasteiger partial charge in [0.1, 0.15) is 0 Å². The molecule has 0 bridgehead atoms. The molecule has 4 nitrogen and oxygen atoms in total. The van der Waals surface area contributed by atoms with Gasteiger partial charge in [-0.05, 0) is 37.1 Å². The largest absolute Gasteiger partial charge is 0.380 e. The van der Waals surface area contributed by atoms with Crippen LogP contribution in [0.15, 0.2) is 18.2 Å². The van der Waals surface area contributed by atoms with Crippen LogP contribution in [-0.2, 0) is 22.4 Å².